The summed E-state index contributed by atoms with van der Waals surface area (Å²) < 4.78 is 0. The minimum absolute atomic E-state index is 0.566. The fraction of sp³-hybridized carbons (Fsp3) is 0.615. The minimum Gasteiger partial charge on any atom is -0.330 e. The minimum atomic E-state index is 0.566. The lowest BCUT2D eigenvalue weighted by Crippen LogP contribution is -2.31. The van der Waals surface area contributed by atoms with E-state index in [0.29, 0.717) is 11.2 Å². The van der Waals surface area contributed by atoms with Crippen LogP contribution in [-0.4, -0.2) is 16.8 Å². The summed E-state index contributed by atoms with van der Waals surface area (Å²) in [5.74, 6) is 1.40. The number of nitrogens with two attached hydrogens (primary N) is 1. The largest absolute Gasteiger partial charge is 0.330 e. The van der Waals surface area contributed by atoms with E-state index in [4.69, 9.17) is 17.3 Å². The Labute approximate surface area is 112 Å². The molecule has 17 heavy (non-hydrogen) atoms. The van der Waals surface area contributed by atoms with E-state index in [-0.39, 0.29) is 0 Å². The summed E-state index contributed by atoms with van der Waals surface area (Å²) >= 11 is 7.96. The molecule has 0 aromatic carbocycles. The average Bonchev–Trinajstić information content (AvgIpc) is 2.32. The van der Waals surface area contributed by atoms with Crippen molar-refractivity contribution in [1.82, 2.24) is 4.98 Å². The lowest BCUT2D eigenvalue weighted by Gasteiger charge is -2.33. The second kappa shape index (κ2) is 6.07. The van der Waals surface area contributed by atoms with Gasteiger partial charge in [-0.2, -0.15) is 0 Å². The molecule has 3 atom stereocenters. The smallest absolute Gasteiger partial charge is 0.115 e. The number of nitrogens with zero attached hydrogens (tertiary/aromatic N) is 1. The van der Waals surface area contributed by atoms with Crippen LogP contribution in [0.1, 0.15) is 26.2 Å². The predicted molar refractivity (Wildman–Crippen MR) is 74.5 cm³/mol. The first-order valence-corrected chi connectivity index (χ1v) is 7.43. The molecular formula is C13H19ClN2S. The highest BCUT2D eigenvalue weighted by molar-refractivity contribution is 8.00. The fourth-order valence-electron chi connectivity index (χ4n) is 2.41. The first-order valence-electron chi connectivity index (χ1n) is 6.18. The van der Waals surface area contributed by atoms with Crippen molar-refractivity contribution in [1.29, 1.82) is 0 Å². The molecule has 2 N–H and O–H groups in total. The summed E-state index contributed by atoms with van der Waals surface area (Å²) in [7, 11) is 0. The highest BCUT2D eigenvalue weighted by Crippen LogP contribution is 2.40. The molecule has 1 heterocycles. The van der Waals surface area contributed by atoms with E-state index in [2.05, 4.69) is 11.9 Å². The van der Waals surface area contributed by atoms with Gasteiger partial charge in [0.05, 0.1) is 5.02 Å². The summed E-state index contributed by atoms with van der Waals surface area (Å²) in [6.45, 7) is 3.09. The molecule has 1 aromatic rings. The van der Waals surface area contributed by atoms with Crippen molar-refractivity contribution in [2.45, 2.75) is 36.5 Å². The molecule has 0 saturated heterocycles. The van der Waals surface area contributed by atoms with Crippen LogP contribution >= 0.6 is 23.4 Å². The molecule has 1 aliphatic rings. The van der Waals surface area contributed by atoms with Gasteiger partial charge < -0.3 is 5.73 Å². The maximum Gasteiger partial charge on any atom is 0.115 e. The van der Waals surface area contributed by atoms with Gasteiger partial charge in [0.15, 0.2) is 0 Å². The Kier molecular flexibility index (Phi) is 4.71. The van der Waals surface area contributed by atoms with Crippen molar-refractivity contribution < 1.29 is 0 Å². The zero-order valence-corrected chi connectivity index (χ0v) is 11.7. The third-order valence-electron chi connectivity index (χ3n) is 3.48. The summed E-state index contributed by atoms with van der Waals surface area (Å²) in [6, 6.07) is 3.77. The third kappa shape index (κ3) is 3.36. The third-order valence-corrected chi connectivity index (χ3v) is 5.33. The Morgan fingerprint density at radius 3 is 3.06 bits per heavy atom. The Balaban J connectivity index is 2.07. The van der Waals surface area contributed by atoms with Crippen LogP contribution in [0.3, 0.4) is 0 Å². The molecule has 1 saturated carbocycles. The maximum absolute atomic E-state index is 6.16. The topological polar surface area (TPSA) is 38.9 Å². The lowest BCUT2D eigenvalue weighted by molar-refractivity contribution is 0.306. The van der Waals surface area contributed by atoms with Crippen LogP contribution in [0.15, 0.2) is 23.4 Å². The number of hydrogen-bond donors (Lipinski definition) is 1. The van der Waals surface area contributed by atoms with Gasteiger partial charge in [0.2, 0.25) is 0 Å². The van der Waals surface area contributed by atoms with E-state index >= 15 is 0 Å². The molecule has 0 spiro atoms. The van der Waals surface area contributed by atoms with Crippen molar-refractivity contribution in [3.8, 4) is 0 Å². The summed E-state index contributed by atoms with van der Waals surface area (Å²) in [4.78, 5) is 4.36. The van der Waals surface area contributed by atoms with Crippen molar-refractivity contribution >= 4 is 23.4 Å². The zero-order valence-electron chi connectivity index (χ0n) is 10.1. The van der Waals surface area contributed by atoms with Gasteiger partial charge in [0.25, 0.3) is 0 Å². The average molecular weight is 271 g/mol. The molecule has 1 fully saturated rings. The summed E-state index contributed by atoms with van der Waals surface area (Å²) in [5.41, 5.74) is 5.86. The van der Waals surface area contributed by atoms with Crippen LogP contribution in [-0.2, 0) is 0 Å². The van der Waals surface area contributed by atoms with Gasteiger partial charge in [-0.25, -0.2) is 4.98 Å². The SMILES string of the molecule is CC1CCC(CN)C(Sc2ncccc2Cl)C1. The number of aromatic nitrogens is 1. The first-order chi connectivity index (χ1) is 8.20. The number of hydrogen-bond acceptors (Lipinski definition) is 3. The van der Waals surface area contributed by atoms with Crippen LogP contribution < -0.4 is 5.73 Å². The van der Waals surface area contributed by atoms with Gasteiger partial charge in [0, 0.05) is 11.4 Å². The maximum atomic E-state index is 6.16. The normalized spacial score (nSPS) is 29.2. The molecule has 4 heteroatoms. The van der Waals surface area contributed by atoms with Gasteiger partial charge in [-0.3, -0.25) is 0 Å². The molecule has 0 radical (unpaired) electrons. The van der Waals surface area contributed by atoms with Crippen molar-refractivity contribution in [3.63, 3.8) is 0 Å². The van der Waals surface area contributed by atoms with Crippen LogP contribution in [0, 0.1) is 11.8 Å². The molecule has 0 bridgehead atoms. The van der Waals surface area contributed by atoms with Crippen LogP contribution in [0.25, 0.3) is 0 Å². The Hall–Kier alpha value is -0.250. The van der Waals surface area contributed by atoms with Gasteiger partial charge in [0.1, 0.15) is 5.03 Å². The Morgan fingerprint density at radius 1 is 1.53 bits per heavy atom. The molecule has 1 aliphatic carbocycles. The monoisotopic (exact) mass is 270 g/mol. The van der Waals surface area contributed by atoms with E-state index < -0.39 is 0 Å². The summed E-state index contributed by atoms with van der Waals surface area (Å²) in [5, 5.41) is 2.27. The highest BCUT2D eigenvalue weighted by Gasteiger charge is 2.29. The summed E-state index contributed by atoms with van der Waals surface area (Å²) in [6.07, 6.45) is 5.56. The molecule has 1 aromatic heterocycles. The van der Waals surface area contributed by atoms with Crippen molar-refractivity contribution in [3.05, 3.63) is 23.4 Å². The number of thioether (sulfide) groups is 1. The molecule has 0 aliphatic heterocycles. The van der Waals surface area contributed by atoms with E-state index in [1.807, 2.05) is 12.1 Å². The van der Waals surface area contributed by atoms with Gasteiger partial charge in [-0.15, -0.1) is 11.8 Å². The second-order valence-corrected chi connectivity index (χ2v) is 6.50. The van der Waals surface area contributed by atoms with E-state index in [1.54, 1.807) is 18.0 Å². The van der Waals surface area contributed by atoms with Crippen molar-refractivity contribution in [2.24, 2.45) is 17.6 Å². The highest BCUT2D eigenvalue weighted by atomic mass is 35.5. The van der Waals surface area contributed by atoms with Gasteiger partial charge in [-0.05, 0) is 43.4 Å². The second-order valence-electron chi connectivity index (χ2n) is 4.86. The van der Waals surface area contributed by atoms with E-state index in [0.717, 1.165) is 22.5 Å². The van der Waals surface area contributed by atoms with Crippen LogP contribution in [0.2, 0.25) is 5.02 Å². The fourth-order valence-corrected chi connectivity index (χ4v) is 4.12. The quantitative estimate of drug-likeness (QED) is 0.912. The van der Waals surface area contributed by atoms with Gasteiger partial charge >= 0.3 is 0 Å². The van der Waals surface area contributed by atoms with Gasteiger partial charge in [-0.1, -0.05) is 24.9 Å². The predicted octanol–water partition coefficient (Wildman–Crippen LogP) is 3.59. The standard InChI is InChI=1S/C13H19ClN2S/c1-9-4-5-10(8-15)12(7-9)17-13-11(14)3-2-6-16-13/h2-3,6,9-10,12H,4-5,7-8,15H2,1H3. The van der Waals surface area contributed by atoms with Crippen molar-refractivity contribution in [2.75, 3.05) is 6.54 Å². The lowest BCUT2D eigenvalue weighted by atomic mass is 9.82. The molecule has 0 amide bonds. The number of halogens is 1. The molecule has 94 valence electrons. The van der Waals surface area contributed by atoms with E-state index in [1.165, 1.54) is 19.3 Å². The molecule has 3 unspecified atom stereocenters. The van der Waals surface area contributed by atoms with Crippen LogP contribution in [0.4, 0.5) is 0 Å². The Morgan fingerprint density at radius 2 is 2.35 bits per heavy atom. The van der Waals surface area contributed by atoms with E-state index in [9.17, 15) is 0 Å². The zero-order chi connectivity index (χ0) is 12.3. The van der Waals surface area contributed by atoms with Crippen LogP contribution in [0.5, 0.6) is 0 Å². The molecular weight excluding hydrogens is 252 g/mol. The number of pyridine rings is 1. The Bertz CT molecular complexity index is 372. The first kappa shape index (κ1) is 13.2. The molecule has 2 rings (SSSR count). The number of rotatable bonds is 3. The molecule has 2 nitrogen and oxygen atoms in total.